The third-order valence-electron chi connectivity index (χ3n) is 2.63. The Balaban J connectivity index is 1.99. The van der Waals surface area contributed by atoms with E-state index in [4.69, 9.17) is 0 Å². The van der Waals surface area contributed by atoms with Crippen LogP contribution in [-0.4, -0.2) is 23.0 Å². The highest BCUT2D eigenvalue weighted by Gasteiger charge is 2.18. The summed E-state index contributed by atoms with van der Waals surface area (Å²) < 4.78 is 4.64. The van der Waals surface area contributed by atoms with Gasteiger partial charge in [0.15, 0.2) is 0 Å². The van der Waals surface area contributed by atoms with Crippen molar-refractivity contribution < 1.29 is 9.53 Å². The molecule has 0 radical (unpaired) electrons. The minimum absolute atomic E-state index is 0.358. The molecule has 0 unspecified atom stereocenters. The summed E-state index contributed by atoms with van der Waals surface area (Å²) in [5.74, 6) is 0.118. The topological polar surface area (TPSA) is 71.4 Å². The number of methoxy groups -OCH3 is 1. The van der Waals surface area contributed by atoms with Gasteiger partial charge in [-0.1, -0.05) is 6.58 Å². The van der Waals surface area contributed by atoms with Gasteiger partial charge in [0, 0.05) is 17.6 Å². The van der Waals surface area contributed by atoms with Crippen molar-refractivity contribution in [3.05, 3.63) is 51.0 Å². The second kappa shape index (κ2) is 6.72. The maximum absolute atomic E-state index is 11.4. The fourth-order valence-corrected chi connectivity index (χ4v) is 2.12. The van der Waals surface area contributed by atoms with E-state index in [1.165, 1.54) is 7.11 Å². The molecule has 2 aromatic heterocycles. The van der Waals surface area contributed by atoms with Crippen LogP contribution in [0.4, 0.5) is 5.82 Å². The first kappa shape index (κ1) is 14.8. The van der Waals surface area contributed by atoms with Gasteiger partial charge in [0.25, 0.3) is 0 Å². The molecule has 0 fully saturated rings. The molecule has 21 heavy (non-hydrogen) atoms. The Labute approximate surface area is 126 Å². The quantitative estimate of drug-likeness (QED) is 0.673. The van der Waals surface area contributed by atoms with Crippen molar-refractivity contribution in [2.75, 3.05) is 7.11 Å². The van der Waals surface area contributed by atoms with E-state index in [0.29, 0.717) is 23.8 Å². The minimum Gasteiger partial charge on any atom is -0.463 e. The Morgan fingerprint density at radius 1 is 1.67 bits per heavy atom. The summed E-state index contributed by atoms with van der Waals surface area (Å²) in [5, 5.41) is 5.93. The number of carbonyl (C=O) groups is 1. The number of nitrogens with zero attached hydrogens (tertiary/aromatic N) is 2. The number of nitrogens with one attached hydrogen (secondary N) is 2. The smallest absolute Gasteiger partial charge is 0.387 e. The molecule has 0 atom stereocenters. The Kier molecular flexibility index (Phi) is 4.74. The Morgan fingerprint density at radius 2 is 2.48 bits per heavy atom. The summed E-state index contributed by atoms with van der Waals surface area (Å²) in [6.45, 7) is 6.23. The highest BCUT2D eigenvalue weighted by Crippen LogP contribution is 2.19. The van der Waals surface area contributed by atoms with Crippen LogP contribution < -0.4 is 5.32 Å². The first-order valence-corrected chi connectivity index (χ1v) is 7.04. The second-order valence-corrected chi connectivity index (χ2v) is 5.17. The summed E-state index contributed by atoms with van der Waals surface area (Å²) in [4.78, 5) is 22.6. The predicted molar refractivity (Wildman–Crippen MR) is 81.9 cm³/mol. The van der Waals surface area contributed by atoms with Gasteiger partial charge in [0.2, 0.25) is 11.8 Å². The summed E-state index contributed by atoms with van der Waals surface area (Å²) in [5.41, 5.74) is 1.73. The number of hydrogen-bond acceptors (Lipinski definition) is 5. The number of allylic oxidation sites excluding steroid dienone is 1. The average molecular weight is 303 g/mol. The number of aromatic amines is 1. The molecular formula is C14H15N4O2S+. The van der Waals surface area contributed by atoms with Crippen molar-refractivity contribution in [2.24, 2.45) is 0 Å². The Bertz CT molecular complexity index is 707. The number of carbonyl (C=O) groups excluding carboxylic acids is 1. The molecule has 0 aliphatic carbocycles. The molecule has 2 N–H and O–H groups in total. The second-order valence-electron chi connectivity index (χ2n) is 4.19. The van der Waals surface area contributed by atoms with Gasteiger partial charge in [-0.3, -0.25) is 0 Å². The molecule has 0 spiro atoms. The average Bonchev–Trinajstić information content (AvgIpc) is 3.11. The SMILES string of the molecule is C=C(C#[N+]c1[nH]c(C(=O)OC)cc1C)NCc1nccs1. The van der Waals surface area contributed by atoms with Crippen LogP contribution in [0.15, 0.2) is 29.9 Å². The van der Waals surface area contributed by atoms with Crippen LogP contribution in [0.3, 0.4) is 0 Å². The van der Waals surface area contributed by atoms with Gasteiger partial charge in [-0.25, -0.2) is 14.8 Å². The molecule has 0 aliphatic heterocycles. The number of ether oxygens (including phenoxy) is 1. The fraction of sp³-hybridized carbons (Fsp3) is 0.214. The number of esters is 1. The van der Waals surface area contributed by atoms with Gasteiger partial charge in [-0.05, 0) is 6.92 Å². The Hall–Kier alpha value is -2.59. The fourth-order valence-electron chi connectivity index (χ4n) is 1.57. The van der Waals surface area contributed by atoms with Crippen LogP contribution in [0.1, 0.15) is 21.1 Å². The van der Waals surface area contributed by atoms with E-state index in [2.05, 4.69) is 37.5 Å². The van der Waals surface area contributed by atoms with E-state index in [1.54, 1.807) is 23.6 Å². The minimum atomic E-state index is -0.430. The van der Waals surface area contributed by atoms with E-state index in [-0.39, 0.29) is 0 Å². The van der Waals surface area contributed by atoms with E-state index in [9.17, 15) is 4.79 Å². The summed E-state index contributed by atoms with van der Waals surface area (Å²) in [7, 11) is 1.33. The maximum Gasteiger partial charge on any atom is 0.387 e. The molecule has 2 rings (SSSR count). The van der Waals surface area contributed by atoms with Crippen LogP contribution in [0.25, 0.3) is 4.85 Å². The molecule has 0 saturated carbocycles. The predicted octanol–water partition coefficient (Wildman–Crippen LogP) is 2.83. The molecule has 2 aromatic rings. The molecular weight excluding hydrogens is 288 g/mol. The van der Waals surface area contributed by atoms with Gasteiger partial charge in [-0.15, -0.1) is 11.3 Å². The molecule has 0 saturated heterocycles. The number of aromatic nitrogens is 2. The van der Waals surface area contributed by atoms with E-state index < -0.39 is 5.97 Å². The van der Waals surface area contributed by atoms with Gasteiger partial charge in [-0.2, -0.15) is 4.85 Å². The molecule has 2 heterocycles. The van der Waals surface area contributed by atoms with Crippen LogP contribution in [0.2, 0.25) is 0 Å². The summed E-state index contributed by atoms with van der Waals surface area (Å²) >= 11 is 1.56. The van der Waals surface area contributed by atoms with Crippen molar-refractivity contribution in [3.63, 3.8) is 0 Å². The lowest BCUT2D eigenvalue weighted by Gasteiger charge is -1.97. The summed E-state index contributed by atoms with van der Waals surface area (Å²) in [6, 6.07) is 4.46. The van der Waals surface area contributed by atoms with Gasteiger partial charge in [0.1, 0.15) is 10.7 Å². The lowest BCUT2D eigenvalue weighted by molar-refractivity contribution is 0.0595. The first-order valence-electron chi connectivity index (χ1n) is 6.16. The largest absolute Gasteiger partial charge is 0.463 e. The lowest BCUT2D eigenvalue weighted by Crippen LogP contribution is -2.09. The molecule has 108 valence electrons. The van der Waals surface area contributed by atoms with Crippen LogP contribution in [-0.2, 0) is 11.3 Å². The van der Waals surface area contributed by atoms with Crippen LogP contribution >= 0.6 is 11.3 Å². The van der Waals surface area contributed by atoms with Crippen molar-refractivity contribution in [1.82, 2.24) is 15.3 Å². The van der Waals surface area contributed by atoms with E-state index in [0.717, 1.165) is 10.6 Å². The summed E-state index contributed by atoms with van der Waals surface area (Å²) in [6.07, 6.45) is 1.75. The van der Waals surface area contributed by atoms with Gasteiger partial charge < -0.3 is 10.1 Å². The van der Waals surface area contributed by atoms with Crippen LogP contribution in [0.5, 0.6) is 0 Å². The normalized spacial score (nSPS) is 9.62. The number of hydrogen-bond donors (Lipinski definition) is 2. The first-order chi connectivity index (χ1) is 10.1. The Morgan fingerprint density at radius 3 is 3.14 bits per heavy atom. The molecule has 0 bridgehead atoms. The number of rotatable bonds is 4. The third kappa shape index (κ3) is 3.94. The highest BCUT2D eigenvalue weighted by molar-refractivity contribution is 7.09. The van der Waals surface area contributed by atoms with Gasteiger partial charge >= 0.3 is 11.8 Å². The van der Waals surface area contributed by atoms with E-state index >= 15 is 0 Å². The molecule has 7 heteroatoms. The molecule has 0 aromatic carbocycles. The highest BCUT2D eigenvalue weighted by atomic mass is 32.1. The standard InChI is InChI=1S/C14H14N4O2S/c1-9-6-11(14(19)20-3)18-13(9)17-7-10(2)16-8-12-15-4-5-21-12/h4-6,16H,2,8H2,1,3H3/p+1. The number of thiazole rings is 1. The molecule has 0 amide bonds. The zero-order chi connectivity index (χ0) is 15.2. The zero-order valence-electron chi connectivity index (χ0n) is 11.8. The van der Waals surface area contributed by atoms with Crippen molar-refractivity contribution in [1.29, 1.82) is 0 Å². The number of H-pyrrole nitrogens is 1. The number of aryl methyl sites for hydroxylation is 1. The lowest BCUT2D eigenvalue weighted by atomic mass is 10.3. The third-order valence-corrected chi connectivity index (χ3v) is 3.41. The van der Waals surface area contributed by atoms with Crippen molar-refractivity contribution in [2.45, 2.75) is 13.5 Å². The van der Waals surface area contributed by atoms with E-state index in [1.807, 2.05) is 12.3 Å². The van der Waals surface area contributed by atoms with Gasteiger partial charge in [0.05, 0.1) is 19.2 Å². The molecule has 6 nitrogen and oxygen atoms in total. The molecule has 0 aliphatic rings. The van der Waals surface area contributed by atoms with Crippen molar-refractivity contribution in [3.8, 4) is 6.07 Å². The zero-order valence-corrected chi connectivity index (χ0v) is 12.6. The van der Waals surface area contributed by atoms with Crippen LogP contribution in [0, 0.1) is 13.0 Å². The maximum atomic E-state index is 11.4. The monoisotopic (exact) mass is 303 g/mol. The van der Waals surface area contributed by atoms with Crippen molar-refractivity contribution >= 4 is 23.1 Å².